The second kappa shape index (κ2) is 19.3. The van der Waals surface area contributed by atoms with Gasteiger partial charge >= 0.3 is 0 Å². The minimum Gasteiger partial charge on any atom is -0.392 e. The fraction of sp³-hybridized carbons (Fsp3) is 0.405. The van der Waals surface area contributed by atoms with Crippen molar-refractivity contribution >= 4 is 11.8 Å². The number of unbranched alkanes of at least 4 members (excludes halogenated alkanes) is 2. The van der Waals surface area contributed by atoms with Gasteiger partial charge in [0.15, 0.2) is 6.29 Å². The van der Waals surface area contributed by atoms with E-state index in [1.807, 2.05) is 60.8 Å². The van der Waals surface area contributed by atoms with Crippen LogP contribution in [-0.4, -0.2) is 59.6 Å². The summed E-state index contributed by atoms with van der Waals surface area (Å²) in [5, 5.41) is 15.5. The van der Waals surface area contributed by atoms with Crippen LogP contribution < -0.4 is 10.6 Å². The number of benzene rings is 3. The molecule has 1 aliphatic heterocycles. The molecule has 1 fully saturated rings. The number of likely N-dealkylation sites (N-methyl/N-ethyl adjacent to an activating group) is 1. The Labute approximate surface area is 302 Å². The number of aliphatic hydroxyl groups is 1. The first kappa shape index (κ1) is 37.8. The molecular weight excluding hydrogens is 640 g/mol. The smallest absolute Gasteiger partial charge is 0.220 e. The average Bonchev–Trinajstić information content (AvgIpc) is 3.16. The van der Waals surface area contributed by atoms with Gasteiger partial charge in [0.2, 0.25) is 11.8 Å². The molecule has 9 nitrogen and oxygen atoms in total. The van der Waals surface area contributed by atoms with E-state index >= 15 is 0 Å². The monoisotopic (exact) mass is 692 g/mol. The van der Waals surface area contributed by atoms with E-state index in [-0.39, 0.29) is 36.5 Å². The Kier molecular flexibility index (Phi) is 14.3. The van der Waals surface area contributed by atoms with Gasteiger partial charge in [-0.3, -0.25) is 14.6 Å². The van der Waals surface area contributed by atoms with E-state index in [9.17, 15) is 14.7 Å². The summed E-state index contributed by atoms with van der Waals surface area (Å²) in [5.74, 6) is 0.0837. The number of aliphatic hydroxyl groups excluding tert-OH is 1. The van der Waals surface area contributed by atoms with Crippen molar-refractivity contribution in [3.63, 3.8) is 0 Å². The van der Waals surface area contributed by atoms with Crippen LogP contribution in [0.25, 0.3) is 11.1 Å². The van der Waals surface area contributed by atoms with E-state index in [0.717, 1.165) is 77.8 Å². The lowest BCUT2D eigenvalue weighted by atomic mass is 9.90. The van der Waals surface area contributed by atoms with Crippen LogP contribution in [0.3, 0.4) is 0 Å². The molecule has 4 aromatic rings. The van der Waals surface area contributed by atoms with Gasteiger partial charge in [0.25, 0.3) is 0 Å². The van der Waals surface area contributed by atoms with E-state index in [0.29, 0.717) is 19.5 Å². The summed E-state index contributed by atoms with van der Waals surface area (Å²) >= 11 is 0. The van der Waals surface area contributed by atoms with Crippen LogP contribution in [-0.2, 0) is 38.6 Å². The van der Waals surface area contributed by atoms with Gasteiger partial charge in [0.05, 0.1) is 18.8 Å². The number of hydrogen-bond acceptors (Lipinski definition) is 7. The van der Waals surface area contributed by atoms with Crippen molar-refractivity contribution in [3.8, 4) is 11.1 Å². The van der Waals surface area contributed by atoms with E-state index < -0.39 is 6.29 Å². The molecule has 4 unspecified atom stereocenters. The van der Waals surface area contributed by atoms with Gasteiger partial charge in [-0.25, -0.2) is 0 Å². The zero-order valence-corrected chi connectivity index (χ0v) is 30.1. The summed E-state index contributed by atoms with van der Waals surface area (Å²) in [7, 11) is 2.13. The Morgan fingerprint density at radius 1 is 0.843 bits per heavy atom. The SMILES string of the molecule is CC(=O)NCCCCCC(=O)NCc1cccc(-c2cccc(C3OC(CN(C)CCc4ccccn4)C(C)C(c4ccc(CO)cc4)O3)c2)c1. The molecule has 9 heteroatoms. The first-order valence-electron chi connectivity index (χ1n) is 18.1. The third-order valence-corrected chi connectivity index (χ3v) is 9.45. The first-order chi connectivity index (χ1) is 24.8. The number of amides is 2. The predicted octanol–water partition coefficient (Wildman–Crippen LogP) is 6.52. The normalized spacial score (nSPS) is 18.8. The number of nitrogens with zero attached hydrogens (tertiary/aromatic N) is 2. The predicted molar refractivity (Wildman–Crippen MR) is 199 cm³/mol. The Bertz CT molecular complexity index is 1680. The van der Waals surface area contributed by atoms with Crippen LogP contribution >= 0.6 is 0 Å². The zero-order chi connectivity index (χ0) is 36.0. The molecule has 2 heterocycles. The van der Waals surface area contributed by atoms with Crippen molar-refractivity contribution in [2.75, 3.05) is 26.7 Å². The lowest BCUT2D eigenvalue weighted by Gasteiger charge is -2.42. The Balaban J connectivity index is 1.25. The molecule has 0 spiro atoms. The fourth-order valence-electron chi connectivity index (χ4n) is 6.44. The largest absolute Gasteiger partial charge is 0.392 e. The van der Waals surface area contributed by atoms with Crippen molar-refractivity contribution in [1.29, 1.82) is 0 Å². The van der Waals surface area contributed by atoms with Crippen molar-refractivity contribution in [2.45, 2.75) is 77.6 Å². The molecule has 4 atom stereocenters. The standard InChI is InChI=1S/C42H52N4O5/c1-30-39(28-46(3)24-21-38-15-6-8-23-44-38)50-42(51-41(30)34-19-17-32(29-47)18-20-34)37-14-10-13-36(26-37)35-12-9-11-33(25-35)27-45-40(49)16-5-4-7-22-43-31(2)48/h6,8-15,17-20,23,25-26,30,39,41-42,47H,4-5,7,16,21-22,24,27-29H2,1-3H3,(H,43,48)(H,45,49). The van der Waals surface area contributed by atoms with Gasteiger partial charge in [-0.1, -0.05) is 80.1 Å². The van der Waals surface area contributed by atoms with Crippen molar-refractivity contribution in [3.05, 3.63) is 125 Å². The highest BCUT2D eigenvalue weighted by Gasteiger charge is 2.38. The Hall–Kier alpha value is -4.41. The van der Waals surface area contributed by atoms with E-state index in [1.54, 1.807) is 0 Å². The first-order valence-corrected chi connectivity index (χ1v) is 18.1. The lowest BCUT2D eigenvalue weighted by molar-refractivity contribution is -0.275. The molecule has 0 radical (unpaired) electrons. The molecule has 1 aromatic heterocycles. The maximum Gasteiger partial charge on any atom is 0.220 e. The minimum atomic E-state index is -0.571. The third kappa shape index (κ3) is 11.6. The molecule has 3 aromatic carbocycles. The molecule has 270 valence electrons. The van der Waals surface area contributed by atoms with Crippen molar-refractivity contribution in [2.24, 2.45) is 5.92 Å². The van der Waals surface area contributed by atoms with Gasteiger partial charge in [0, 0.05) is 69.3 Å². The summed E-state index contributed by atoms with van der Waals surface area (Å²) in [6, 6.07) is 30.6. The van der Waals surface area contributed by atoms with Gasteiger partial charge in [0.1, 0.15) is 0 Å². The summed E-state index contributed by atoms with van der Waals surface area (Å²) < 4.78 is 13.5. The Morgan fingerprint density at radius 3 is 2.37 bits per heavy atom. The molecule has 1 aliphatic rings. The zero-order valence-electron chi connectivity index (χ0n) is 30.1. The van der Waals surface area contributed by atoms with Crippen LogP contribution in [0.5, 0.6) is 0 Å². The lowest BCUT2D eigenvalue weighted by Crippen LogP contribution is -2.43. The molecule has 2 amide bonds. The second-order valence-electron chi connectivity index (χ2n) is 13.6. The van der Waals surface area contributed by atoms with Gasteiger partial charge < -0.3 is 30.1 Å². The Morgan fingerprint density at radius 2 is 1.63 bits per heavy atom. The third-order valence-electron chi connectivity index (χ3n) is 9.45. The van der Waals surface area contributed by atoms with Crippen molar-refractivity contribution < 1.29 is 24.2 Å². The number of rotatable bonds is 17. The van der Waals surface area contributed by atoms with Gasteiger partial charge in [-0.05, 0) is 72.0 Å². The van der Waals surface area contributed by atoms with Crippen LogP contribution in [0.1, 0.15) is 79.9 Å². The summed E-state index contributed by atoms with van der Waals surface area (Å²) in [5.41, 5.74) is 7.05. The van der Waals surface area contributed by atoms with E-state index in [2.05, 4.69) is 70.9 Å². The molecule has 1 saturated heterocycles. The number of carbonyl (C=O) groups is 2. The summed E-state index contributed by atoms with van der Waals surface area (Å²) in [6.45, 7) is 6.40. The molecule has 5 rings (SSSR count). The van der Waals surface area contributed by atoms with Crippen LogP contribution in [0.2, 0.25) is 0 Å². The van der Waals surface area contributed by atoms with Crippen LogP contribution in [0.15, 0.2) is 97.2 Å². The fourth-order valence-corrected chi connectivity index (χ4v) is 6.44. The number of aromatic nitrogens is 1. The number of ether oxygens (including phenoxy) is 2. The number of nitrogens with one attached hydrogen (secondary N) is 2. The molecule has 0 bridgehead atoms. The van der Waals surface area contributed by atoms with Crippen LogP contribution in [0.4, 0.5) is 0 Å². The molecule has 3 N–H and O–H groups in total. The number of hydrogen-bond donors (Lipinski definition) is 3. The van der Waals surface area contributed by atoms with Gasteiger partial charge in [-0.15, -0.1) is 0 Å². The highest BCUT2D eigenvalue weighted by Crippen LogP contribution is 2.42. The van der Waals surface area contributed by atoms with E-state index in [4.69, 9.17) is 9.47 Å². The minimum absolute atomic E-state index is 0.000721. The topological polar surface area (TPSA) is 113 Å². The summed E-state index contributed by atoms with van der Waals surface area (Å²) in [6.07, 6.45) is 4.86. The molecular formula is C42H52N4O5. The van der Waals surface area contributed by atoms with E-state index in [1.165, 1.54) is 6.92 Å². The van der Waals surface area contributed by atoms with Gasteiger partial charge in [-0.2, -0.15) is 0 Å². The number of carbonyl (C=O) groups excluding carboxylic acids is 2. The highest BCUT2D eigenvalue weighted by atomic mass is 16.7. The maximum absolute atomic E-state index is 12.5. The number of pyridine rings is 1. The van der Waals surface area contributed by atoms with Crippen LogP contribution in [0, 0.1) is 5.92 Å². The maximum atomic E-state index is 12.5. The van der Waals surface area contributed by atoms with Crippen molar-refractivity contribution in [1.82, 2.24) is 20.5 Å². The quantitative estimate of drug-likeness (QED) is 0.108. The average molecular weight is 693 g/mol. The molecule has 0 saturated carbocycles. The second-order valence-corrected chi connectivity index (χ2v) is 13.6. The molecule has 51 heavy (non-hydrogen) atoms. The summed E-state index contributed by atoms with van der Waals surface area (Å²) in [4.78, 5) is 30.3. The highest BCUT2D eigenvalue weighted by molar-refractivity contribution is 5.76. The molecule has 0 aliphatic carbocycles.